The number of hydrogen-bond acceptors (Lipinski definition) is 6. The molecule has 0 saturated carbocycles. The van der Waals surface area contributed by atoms with E-state index in [1.54, 1.807) is 13.1 Å². The van der Waals surface area contributed by atoms with Crippen molar-refractivity contribution in [2.24, 2.45) is 7.05 Å². The molecule has 8 nitrogen and oxygen atoms in total. The minimum absolute atomic E-state index is 0.0154. The Morgan fingerprint density at radius 2 is 1.96 bits per heavy atom. The lowest BCUT2D eigenvalue weighted by Gasteiger charge is -2.07. The number of benzene rings is 1. The zero-order chi connectivity index (χ0) is 17.4. The van der Waals surface area contributed by atoms with E-state index < -0.39 is 10.0 Å². The summed E-state index contributed by atoms with van der Waals surface area (Å²) in [6.07, 6.45) is 2.74. The number of nitrogens with zero attached hydrogens (tertiary/aromatic N) is 4. The fraction of sp³-hybridized carbons (Fsp3) is 0.0625. The van der Waals surface area contributed by atoms with Crippen molar-refractivity contribution in [3.8, 4) is 11.3 Å². The van der Waals surface area contributed by atoms with Gasteiger partial charge < -0.3 is 4.52 Å². The minimum atomic E-state index is -3.82. The van der Waals surface area contributed by atoms with Gasteiger partial charge in [-0.05, 0) is 6.07 Å². The molecule has 0 aliphatic heterocycles. The lowest BCUT2D eigenvalue weighted by atomic mass is 10.1. The number of sulfonamides is 1. The van der Waals surface area contributed by atoms with Crippen LogP contribution in [-0.2, 0) is 17.1 Å². The van der Waals surface area contributed by atoms with E-state index in [1.165, 1.54) is 23.1 Å². The second-order valence-corrected chi connectivity index (χ2v) is 7.05. The molecular weight excluding hydrogens is 342 g/mol. The number of aryl methyl sites for hydroxylation is 1. The number of pyridine rings is 1. The molecule has 3 aromatic heterocycles. The molecular formula is C16H13N5O3S. The fourth-order valence-corrected chi connectivity index (χ4v) is 3.49. The van der Waals surface area contributed by atoms with E-state index in [0.29, 0.717) is 16.9 Å². The van der Waals surface area contributed by atoms with E-state index in [-0.39, 0.29) is 10.6 Å². The van der Waals surface area contributed by atoms with Crippen molar-refractivity contribution in [2.75, 3.05) is 4.72 Å². The monoisotopic (exact) mass is 355 g/mol. The molecule has 0 saturated heterocycles. The van der Waals surface area contributed by atoms with Gasteiger partial charge in [-0.15, -0.1) is 0 Å². The summed E-state index contributed by atoms with van der Waals surface area (Å²) in [5.74, 6) is 0.355. The third-order valence-electron chi connectivity index (χ3n) is 3.72. The van der Waals surface area contributed by atoms with Gasteiger partial charge in [0.2, 0.25) is 0 Å². The molecule has 4 aromatic rings. The highest BCUT2D eigenvalue weighted by Crippen LogP contribution is 2.28. The summed E-state index contributed by atoms with van der Waals surface area (Å²) < 4.78 is 34.4. The van der Waals surface area contributed by atoms with Crippen molar-refractivity contribution in [3.63, 3.8) is 0 Å². The highest BCUT2D eigenvalue weighted by atomic mass is 32.2. The Kier molecular flexibility index (Phi) is 3.50. The maximum atomic E-state index is 12.6. The van der Waals surface area contributed by atoms with Crippen LogP contribution >= 0.6 is 0 Å². The molecule has 0 radical (unpaired) electrons. The molecule has 1 aromatic carbocycles. The van der Waals surface area contributed by atoms with Gasteiger partial charge >= 0.3 is 0 Å². The third kappa shape index (κ3) is 2.74. The van der Waals surface area contributed by atoms with Gasteiger partial charge in [-0.2, -0.15) is 5.10 Å². The molecule has 0 fully saturated rings. The van der Waals surface area contributed by atoms with E-state index >= 15 is 0 Å². The van der Waals surface area contributed by atoms with Crippen LogP contribution in [0.5, 0.6) is 0 Å². The average molecular weight is 355 g/mol. The van der Waals surface area contributed by atoms with Crippen molar-refractivity contribution < 1.29 is 12.9 Å². The molecule has 0 spiro atoms. The lowest BCUT2D eigenvalue weighted by molar-refractivity contribution is 0.451. The van der Waals surface area contributed by atoms with Crippen LogP contribution in [0.4, 0.5) is 5.82 Å². The molecule has 3 heterocycles. The lowest BCUT2D eigenvalue weighted by Crippen LogP contribution is -2.15. The molecule has 9 heteroatoms. The summed E-state index contributed by atoms with van der Waals surface area (Å²) in [5.41, 5.74) is 1.64. The Morgan fingerprint density at radius 1 is 1.16 bits per heavy atom. The van der Waals surface area contributed by atoms with Gasteiger partial charge in [0.25, 0.3) is 15.7 Å². The van der Waals surface area contributed by atoms with Crippen molar-refractivity contribution in [2.45, 2.75) is 4.90 Å². The van der Waals surface area contributed by atoms with E-state index in [4.69, 9.17) is 4.52 Å². The summed E-state index contributed by atoms with van der Waals surface area (Å²) in [7, 11) is -2.17. The van der Waals surface area contributed by atoms with Crippen LogP contribution in [0.25, 0.3) is 22.4 Å². The fourth-order valence-electron chi connectivity index (χ4n) is 2.44. The quantitative estimate of drug-likeness (QED) is 0.603. The predicted molar refractivity (Wildman–Crippen MR) is 91.3 cm³/mol. The number of anilines is 1. The molecule has 0 aliphatic rings. The first kappa shape index (κ1) is 15.3. The number of aromatic nitrogens is 4. The first-order valence-corrected chi connectivity index (χ1v) is 8.84. The Labute approximate surface area is 143 Å². The van der Waals surface area contributed by atoms with E-state index in [0.717, 1.165) is 5.56 Å². The largest absolute Gasteiger partial charge is 0.335 e. The van der Waals surface area contributed by atoms with Crippen molar-refractivity contribution in [1.82, 2.24) is 19.9 Å². The number of nitrogens with one attached hydrogen (secondary N) is 1. The number of rotatable bonds is 4. The van der Waals surface area contributed by atoms with Gasteiger partial charge in [-0.25, -0.2) is 13.4 Å². The van der Waals surface area contributed by atoms with Gasteiger partial charge in [-0.3, -0.25) is 9.40 Å². The van der Waals surface area contributed by atoms with Crippen LogP contribution in [0.3, 0.4) is 0 Å². The van der Waals surface area contributed by atoms with Gasteiger partial charge in [0, 0.05) is 18.7 Å². The van der Waals surface area contributed by atoms with Gasteiger partial charge in [0.15, 0.2) is 0 Å². The molecule has 0 atom stereocenters. The normalized spacial score (nSPS) is 11.7. The van der Waals surface area contributed by atoms with Crippen LogP contribution in [0.1, 0.15) is 0 Å². The molecule has 1 N–H and O–H groups in total. The van der Waals surface area contributed by atoms with Crippen molar-refractivity contribution in [3.05, 3.63) is 54.9 Å². The van der Waals surface area contributed by atoms with Gasteiger partial charge in [0.05, 0.1) is 17.8 Å². The highest BCUT2D eigenvalue weighted by molar-refractivity contribution is 7.92. The highest BCUT2D eigenvalue weighted by Gasteiger charge is 2.20. The molecule has 126 valence electrons. The van der Waals surface area contributed by atoms with Crippen molar-refractivity contribution >= 4 is 26.9 Å². The standard InChI is InChI=1S/C16H13N5O3S/c1-21-14(7-8-18-21)20-25(22,23)12-9-13-15(11-5-3-2-4-6-11)19-24-16(13)17-10-12/h2-10,20H,1H3. The molecule has 0 aliphatic carbocycles. The van der Waals surface area contributed by atoms with Crippen LogP contribution in [0.2, 0.25) is 0 Å². The first-order chi connectivity index (χ1) is 12.0. The molecule has 0 amide bonds. The summed E-state index contributed by atoms with van der Waals surface area (Å²) in [6, 6.07) is 12.4. The third-order valence-corrected chi connectivity index (χ3v) is 5.04. The van der Waals surface area contributed by atoms with E-state index in [2.05, 4.69) is 20.0 Å². The summed E-state index contributed by atoms with van der Waals surface area (Å²) in [4.78, 5) is 4.09. The van der Waals surface area contributed by atoms with Crippen molar-refractivity contribution in [1.29, 1.82) is 0 Å². The van der Waals surface area contributed by atoms with E-state index in [9.17, 15) is 8.42 Å². The van der Waals surface area contributed by atoms with Gasteiger partial charge in [0.1, 0.15) is 16.4 Å². The summed E-state index contributed by atoms with van der Waals surface area (Å²) in [5, 5.41) is 8.48. The number of hydrogen-bond donors (Lipinski definition) is 1. The van der Waals surface area contributed by atoms with Crippen LogP contribution < -0.4 is 4.72 Å². The zero-order valence-electron chi connectivity index (χ0n) is 13.1. The molecule has 0 unspecified atom stereocenters. The van der Waals surface area contributed by atoms with Gasteiger partial charge in [-0.1, -0.05) is 35.5 Å². The Balaban J connectivity index is 1.80. The zero-order valence-corrected chi connectivity index (χ0v) is 13.9. The maximum Gasteiger partial charge on any atom is 0.264 e. The topological polar surface area (TPSA) is 103 Å². The predicted octanol–water partition coefficient (Wildman–Crippen LogP) is 2.42. The smallest absolute Gasteiger partial charge is 0.264 e. The van der Waals surface area contributed by atoms with Crippen LogP contribution in [-0.4, -0.2) is 28.3 Å². The molecule has 0 bridgehead atoms. The molecule has 4 rings (SSSR count). The van der Waals surface area contributed by atoms with Crippen LogP contribution in [0.15, 0.2) is 64.3 Å². The second-order valence-electron chi connectivity index (χ2n) is 5.37. The number of fused-ring (bicyclic) bond motifs is 1. The molecule has 25 heavy (non-hydrogen) atoms. The maximum absolute atomic E-state index is 12.6. The summed E-state index contributed by atoms with van der Waals surface area (Å²) in [6.45, 7) is 0. The minimum Gasteiger partial charge on any atom is -0.335 e. The Bertz CT molecular complexity index is 1150. The Morgan fingerprint density at radius 3 is 2.68 bits per heavy atom. The second kappa shape index (κ2) is 5.71. The van der Waals surface area contributed by atoms with E-state index in [1.807, 2.05) is 30.3 Å². The summed E-state index contributed by atoms with van der Waals surface area (Å²) >= 11 is 0. The first-order valence-electron chi connectivity index (χ1n) is 7.36. The Hall–Kier alpha value is -3.20. The average Bonchev–Trinajstić information content (AvgIpc) is 3.21. The SMILES string of the molecule is Cn1nccc1NS(=O)(=O)c1cnc2onc(-c3ccccc3)c2c1. The van der Waals surface area contributed by atoms with Crippen LogP contribution in [0, 0.1) is 0 Å².